The Morgan fingerprint density at radius 2 is 1.94 bits per heavy atom. The molecule has 1 N–H and O–H groups in total. The zero-order chi connectivity index (χ0) is 22.7. The Kier molecular flexibility index (Phi) is 7.22. The molecule has 174 valence electrons. The monoisotopic (exact) mass is 461 g/mol. The first-order valence-corrected chi connectivity index (χ1v) is 12.1. The van der Waals surface area contributed by atoms with Crippen molar-refractivity contribution in [2.75, 3.05) is 52.5 Å². The number of piperidine rings is 1. The van der Waals surface area contributed by atoms with Crippen LogP contribution in [0.2, 0.25) is 0 Å². The second-order valence-corrected chi connectivity index (χ2v) is 9.69. The van der Waals surface area contributed by atoms with Crippen molar-refractivity contribution in [1.82, 2.24) is 24.7 Å². The summed E-state index contributed by atoms with van der Waals surface area (Å²) in [6, 6.07) is 0. The Morgan fingerprint density at radius 3 is 2.66 bits per heavy atom. The number of hydrogen-bond acceptors (Lipinski definition) is 7. The number of rotatable bonds is 6. The average molecular weight is 462 g/mol. The third kappa shape index (κ3) is 5.02. The third-order valence-electron chi connectivity index (χ3n) is 6.38. The molecule has 0 saturated carbocycles. The first-order chi connectivity index (χ1) is 15.4. The number of carbonyl (C=O) groups is 2. The normalized spacial score (nSPS) is 18.2. The number of nitrogens with one attached hydrogen (secondary N) is 1. The van der Waals surface area contributed by atoms with Gasteiger partial charge in [-0.05, 0) is 31.2 Å². The number of fused-ring (bicyclic) bond motifs is 1. The molecule has 0 spiro atoms. The number of likely N-dealkylation sites (tertiary alicyclic amines) is 1. The van der Waals surface area contributed by atoms with Crippen molar-refractivity contribution in [3.8, 4) is 0 Å². The van der Waals surface area contributed by atoms with Crippen LogP contribution in [0.4, 0.5) is 0 Å². The van der Waals surface area contributed by atoms with Crippen LogP contribution in [0, 0.1) is 12.8 Å². The van der Waals surface area contributed by atoms with Crippen molar-refractivity contribution in [3.63, 3.8) is 0 Å². The van der Waals surface area contributed by atoms with Gasteiger partial charge in [0.05, 0.1) is 29.8 Å². The van der Waals surface area contributed by atoms with E-state index in [0.717, 1.165) is 58.8 Å². The summed E-state index contributed by atoms with van der Waals surface area (Å²) in [6.07, 6.45) is 3.41. The van der Waals surface area contributed by atoms with E-state index in [-0.39, 0.29) is 23.9 Å². The molecular formula is C22H31N5O4S. The maximum atomic E-state index is 13.1. The predicted molar refractivity (Wildman–Crippen MR) is 123 cm³/mol. The molecule has 2 amide bonds. The van der Waals surface area contributed by atoms with Crippen LogP contribution in [-0.2, 0) is 16.1 Å². The molecule has 2 aliphatic heterocycles. The molecule has 2 aromatic heterocycles. The second-order valence-electron chi connectivity index (χ2n) is 8.69. The quantitative estimate of drug-likeness (QED) is 0.692. The van der Waals surface area contributed by atoms with Gasteiger partial charge >= 0.3 is 0 Å². The predicted octanol–water partition coefficient (Wildman–Crippen LogP) is 1.09. The highest BCUT2D eigenvalue weighted by atomic mass is 32.1. The molecule has 2 aliphatic rings. The smallest absolute Gasteiger partial charge is 0.262 e. The molecular weight excluding hydrogens is 430 g/mol. The molecule has 2 aromatic rings. The molecule has 0 aromatic carbocycles. The fourth-order valence-electron chi connectivity index (χ4n) is 4.22. The number of nitrogens with zero attached hydrogens (tertiary/aromatic N) is 4. The van der Waals surface area contributed by atoms with Crippen LogP contribution < -0.4 is 10.9 Å². The minimum atomic E-state index is -0.269. The lowest BCUT2D eigenvalue weighted by Crippen LogP contribution is -2.41. The molecule has 4 heterocycles. The largest absolute Gasteiger partial charge is 0.379 e. The van der Waals surface area contributed by atoms with Crippen LogP contribution in [0.15, 0.2) is 11.1 Å². The van der Waals surface area contributed by atoms with Gasteiger partial charge in [0.15, 0.2) is 0 Å². The van der Waals surface area contributed by atoms with Gasteiger partial charge in [0.25, 0.3) is 11.5 Å². The van der Waals surface area contributed by atoms with E-state index >= 15 is 0 Å². The van der Waals surface area contributed by atoms with Gasteiger partial charge in [0, 0.05) is 39.3 Å². The zero-order valence-electron chi connectivity index (χ0n) is 18.8. The van der Waals surface area contributed by atoms with Crippen LogP contribution in [0.1, 0.15) is 35.0 Å². The lowest BCUT2D eigenvalue weighted by atomic mass is 9.99. The summed E-state index contributed by atoms with van der Waals surface area (Å²) < 4.78 is 6.70. The summed E-state index contributed by atoms with van der Waals surface area (Å²) in [4.78, 5) is 48.0. The molecule has 4 rings (SSSR count). The number of thiophene rings is 1. The van der Waals surface area contributed by atoms with Gasteiger partial charge in [-0.2, -0.15) is 0 Å². The Morgan fingerprint density at radius 1 is 1.22 bits per heavy atom. The van der Waals surface area contributed by atoms with Crippen LogP contribution in [0.3, 0.4) is 0 Å². The van der Waals surface area contributed by atoms with Crippen LogP contribution >= 0.6 is 11.3 Å². The number of amides is 2. The van der Waals surface area contributed by atoms with E-state index in [1.807, 2.05) is 4.90 Å². The molecule has 0 atom stereocenters. The summed E-state index contributed by atoms with van der Waals surface area (Å²) in [7, 11) is 0. The molecule has 0 unspecified atom stereocenters. The molecule has 10 heteroatoms. The fourth-order valence-corrected chi connectivity index (χ4v) is 5.28. The summed E-state index contributed by atoms with van der Waals surface area (Å²) in [5.41, 5.74) is 0.356. The van der Waals surface area contributed by atoms with Gasteiger partial charge < -0.3 is 15.0 Å². The van der Waals surface area contributed by atoms with Gasteiger partial charge in [0.2, 0.25) is 5.91 Å². The number of aryl methyl sites for hydroxylation is 1. The number of aromatic nitrogens is 2. The zero-order valence-corrected chi connectivity index (χ0v) is 19.6. The third-order valence-corrected chi connectivity index (χ3v) is 7.58. The maximum Gasteiger partial charge on any atom is 0.262 e. The van der Waals surface area contributed by atoms with E-state index in [0.29, 0.717) is 33.1 Å². The van der Waals surface area contributed by atoms with Crippen LogP contribution in [0.25, 0.3) is 10.2 Å². The number of hydrogen-bond donors (Lipinski definition) is 1. The van der Waals surface area contributed by atoms with Crippen molar-refractivity contribution in [2.24, 2.45) is 5.92 Å². The highest BCUT2D eigenvalue weighted by Crippen LogP contribution is 2.26. The van der Waals surface area contributed by atoms with Crippen molar-refractivity contribution in [3.05, 3.63) is 27.1 Å². The molecule has 2 saturated heterocycles. The van der Waals surface area contributed by atoms with Gasteiger partial charge in [0.1, 0.15) is 11.4 Å². The molecule has 0 radical (unpaired) electrons. The van der Waals surface area contributed by atoms with Crippen LogP contribution in [0.5, 0.6) is 0 Å². The van der Waals surface area contributed by atoms with E-state index in [1.165, 1.54) is 22.2 Å². The van der Waals surface area contributed by atoms with Gasteiger partial charge in [-0.3, -0.25) is 23.9 Å². The molecule has 9 nitrogen and oxygen atoms in total. The summed E-state index contributed by atoms with van der Waals surface area (Å²) >= 11 is 1.22. The van der Waals surface area contributed by atoms with Crippen molar-refractivity contribution < 1.29 is 14.3 Å². The molecule has 0 bridgehead atoms. The first kappa shape index (κ1) is 22.9. The van der Waals surface area contributed by atoms with Gasteiger partial charge in [-0.15, -0.1) is 11.3 Å². The summed E-state index contributed by atoms with van der Waals surface area (Å²) in [6.45, 7) is 9.90. The highest BCUT2D eigenvalue weighted by molar-refractivity contribution is 7.20. The van der Waals surface area contributed by atoms with E-state index in [4.69, 9.17) is 4.74 Å². The average Bonchev–Trinajstić information content (AvgIpc) is 3.14. The second kappa shape index (κ2) is 10.1. The maximum absolute atomic E-state index is 13.1. The number of morpholine rings is 1. The SMILES string of the molecule is Cc1c(C(=O)NCCN2CCOCC2)sc2ncn(CC(=O)N3CCC(C)CC3)c(=O)c12. The van der Waals surface area contributed by atoms with Gasteiger partial charge in [-0.1, -0.05) is 6.92 Å². The van der Waals surface area contributed by atoms with Crippen molar-refractivity contribution in [2.45, 2.75) is 33.2 Å². The summed E-state index contributed by atoms with van der Waals surface area (Å²) in [5, 5.41) is 3.38. The molecule has 0 aliphatic carbocycles. The van der Waals surface area contributed by atoms with E-state index in [1.54, 1.807) is 6.92 Å². The van der Waals surface area contributed by atoms with Gasteiger partial charge in [-0.25, -0.2) is 4.98 Å². The minimum Gasteiger partial charge on any atom is -0.379 e. The topological polar surface area (TPSA) is 96.8 Å². The molecule has 2 fully saturated rings. The van der Waals surface area contributed by atoms with Crippen molar-refractivity contribution >= 4 is 33.4 Å². The van der Waals surface area contributed by atoms with E-state index in [2.05, 4.69) is 22.1 Å². The highest BCUT2D eigenvalue weighted by Gasteiger charge is 2.23. The first-order valence-electron chi connectivity index (χ1n) is 11.3. The Balaban J connectivity index is 1.44. The number of carbonyl (C=O) groups excluding carboxylic acids is 2. The lowest BCUT2D eigenvalue weighted by Gasteiger charge is -2.30. The van der Waals surface area contributed by atoms with E-state index in [9.17, 15) is 14.4 Å². The standard InChI is InChI=1S/C22H31N5O4S/c1-15-3-6-26(7-4-15)17(28)13-27-14-24-21-18(22(27)30)16(2)19(32-21)20(29)23-5-8-25-9-11-31-12-10-25/h14-15H,3-13H2,1-2H3,(H,23,29). The summed E-state index contributed by atoms with van der Waals surface area (Å²) in [5.74, 6) is 0.379. The van der Waals surface area contributed by atoms with Crippen LogP contribution in [-0.4, -0.2) is 83.6 Å². The molecule has 32 heavy (non-hydrogen) atoms. The Bertz CT molecular complexity index is 1030. The van der Waals surface area contributed by atoms with Crippen molar-refractivity contribution in [1.29, 1.82) is 0 Å². The number of ether oxygens (including phenoxy) is 1. The Hall–Kier alpha value is -2.30. The fraction of sp³-hybridized carbons (Fsp3) is 0.636. The van der Waals surface area contributed by atoms with E-state index < -0.39 is 0 Å². The lowest BCUT2D eigenvalue weighted by molar-refractivity contribution is -0.133. The Labute approximate surface area is 191 Å². The minimum absolute atomic E-state index is 0.0213.